The van der Waals surface area contributed by atoms with Crippen molar-refractivity contribution in [3.05, 3.63) is 0 Å². The van der Waals surface area contributed by atoms with Crippen LogP contribution in [0.15, 0.2) is 0 Å². The molecule has 2 heteroatoms. The third-order valence-corrected chi connectivity index (χ3v) is 6.60. The molecule has 4 atom stereocenters. The predicted molar refractivity (Wildman–Crippen MR) is 88.5 cm³/mol. The Balaban J connectivity index is 1.63. The van der Waals surface area contributed by atoms with Gasteiger partial charge in [0, 0.05) is 12.6 Å². The summed E-state index contributed by atoms with van der Waals surface area (Å²) < 4.78 is 6.16. The van der Waals surface area contributed by atoms with Gasteiger partial charge in [0.2, 0.25) is 0 Å². The van der Waals surface area contributed by atoms with Crippen molar-refractivity contribution >= 4 is 0 Å². The van der Waals surface area contributed by atoms with Crippen LogP contribution in [0.3, 0.4) is 0 Å². The number of hydrogen-bond donors (Lipinski definition) is 1. The van der Waals surface area contributed by atoms with Crippen LogP contribution in [0.4, 0.5) is 0 Å². The lowest BCUT2D eigenvalue weighted by Crippen LogP contribution is -2.52. The smallest absolute Gasteiger partial charge is 0.0685 e. The molecule has 2 nitrogen and oxygen atoms in total. The summed E-state index contributed by atoms with van der Waals surface area (Å²) >= 11 is 0. The van der Waals surface area contributed by atoms with Crippen molar-refractivity contribution in [2.45, 2.75) is 89.7 Å². The molecule has 0 aromatic carbocycles. The molecule has 0 bridgehead atoms. The second kappa shape index (κ2) is 7.00. The fourth-order valence-electron chi connectivity index (χ4n) is 5.13. The number of ether oxygens (including phenoxy) is 1. The molecule has 2 aliphatic carbocycles. The van der Waals surface area contributed by atoms with Crippen LogP contribution in [0.5, 0.6) is 0 Å². The van der Waals surface area contributed by atoms with Crippen molar-refractivity contribution in [2.24, 2.45) is 17.8 Å². The van der Waals surface area contributed by atoms with E-state index >= 15 is 0 Å². The molecule has 3 rings (SSSR count). The number of hydrogen-bond acceptors (Lipinski definition) is 2. The van der Waals surface area contributed by atoms with E-state index in [1.165, 1.54) is 70.8 Å². The standard InChI is InChI=1S/C19H35NO/c1-3-11-20-18(16-7-6-15(4-2)13-16)17-8-12-21-19(14-17)9-5-10-19/h15-18,20H,3-14H2,1-2H3. The van der Waals surface area contributed by atoms with E-state index in [-0.39, 0.29) is 0 Å². The van der Waals surface area contributed by atoms with Crippen molar-refractivity contribution in [3.8, 4) is 0 Å². The first kappa shape index (κ1) is 15.8. The van der Waals surface area contributed by atoms with E-state index in [1.807, 2.05) is 0 Å². The van der Waals surface area contributed by atoms with Crippen LogP contribution in [0, 0.1) is 17.8 Å². The van der Waals surface area contributed by atoms with Gasteiger partial charge in [-0.1, -0.05) is 26.7 Å². The first-order chi connectivity index (χ1) is 10.3. The first-order valence-electron chi connectivity index (χ1n) is 9.63. The normalized spacial score (nSPS) is 36.6. The molecule has 1 saturated heterocycles. The summed E-state index contributed by atoms with van der Waals surface area (Å²) in [6.45, 7) is 6.88. The minimum atomic E-state index is 0.303. The molecular formula is C19H35NO. The summed E-state index contributed by atoms with van der Waals surface area (Å²) in [5.74, 6) is 2.80. The molecule has 4 unspecified atom stereocenters. The Labute approximate surface area is 131 Å². The van der Waals surface area contributed by atoms with Gasteiger partial charge in [-0.05, 0) is 75.7 Å². The molecular weight excluding hydrogens is 258 g/mol. The second-order valence-electron chi connectivity index (χ2n) is 7.97. The topological polar surface area (TPSA) is 21.3 Å². The average molecular weight is 293 g/mol. The SMILES string of the molecule is CCCNC(C1CCC(CC)C1)C1CCOC2(CCC2)C1. The van der Waals surface area contributed by atoms with Crippen molar-refractivity contribution in [1.29, 1.82) is 0 Å². The van der Waals surface area contributed by atoms with Gasteiger partial charge in [-0.25, -0.2) is 0 Å². The molecule has 0 aromatic heterocycles. The molecule has 3 fully saturated rings. The highest BCUT2D eigenvalue weighted by molar-refractivity contribution is 4.98. The molecule has 1 N–H and O–H groups in total. The van der Waals surface area contributed by atoms with Gasteiger partial charge >= 0.3 is 0 Å². The van der Waals surface area contributed by atoms with E-state index < -0.39 is 0 Å². The molecule has 1 aliphatic heterocycles. The molecule has 2 saturated carbocycles. The maximum Gasteiger partial charge on any atom is 0.0685 e. The molecule has 1 spiro atoms. The van der Waals surface area contributed by atoms with Crippen LogP contribution in [-0.4, -0.2) is 24.8 Å². The quantitative estimate of drug-likeness (QED) is 0.777. The van der Waals surface area contributed by atoms with Gasteiger partial charge in [0.05, 0.1) is 5.60 Å². The van der Waals surface area contributed by atoms with Crippen LogP contribution >= 0.6 is 0 Å². The molecule has 122 valence electrons. The summed E-state index contributed by atoms with van der Waals surface area (Å²) in [6.07, 6.45) is 13.7. The Hall–Kier alpha value is -0.0800. The Kier molecular flexibility index (Phi) is 5.27. The molecule has 3 aliphatic rings. The van der Waals surface area contributed by atoms with E-state index in [9.17, 15) is 0 Å². The third-order valence-electron chi connectivity index (χ3n) is 6.60. The van der Waals surface area contributed by atoms with Crippen LogP contribution in [0.25, 0.3) is 0 Å². The van der Waals surface area contributed by atoms with Gasteiger partial charge in [-0.2, -0.15) is 0 Å². The minimum absolute atomic E-state index is 0.303. The van der Waals surface area contributed by atoms with E-state index in [0.29, 0.717) is 5.60 Å². The zero-order valence-corrected chi connectivity index (χ0v) is 14.2. The highest BCUT2D eigenvalue weighted by atomic mass is 16.5. The van der Waals surface area contributed by atoms with Crippen LogP contribution in [0.2, 0.25) is 0 Å². The highest BCUT2D eigenvalue weighted by Gasteiger charge is 2.46. The molecule has 0 amide bonds. The Morgan fingerprint density at radius 3 is 2.62 bits per heavy atom. The summed E-state index contributed by atoms with van der Waals surface area (Å²) in [5.41, 5.74) is 0.303. The first-order valence-corrected chi connectivity index (χ1v) is 9.63. The largest absolute Gasteiger partial charge is 0.375 e. The maximum absolute atomic E-state index is 6.16. The molecule has 0 aromatic rings. The number of nitrogens with one attached hydrogen (secondary N) is 1. The predicted octanol–water partition coefficient (Wildman–Crippen LogP) is 4.53. The highest BCUT2D eigenvalue weighted by Crippen LogP contribution is 2.47. The fourth-order valence-corrected chi connectivity index (χ4v) is 5.13. The van der Waals surface area contributed by atoms with Gasteiger partial charge in [-0.3, -0.25) is 0 Å². The van der Waals surface area contributed by atoms with E-state index in [2.05, 4.69) is 19.2 Å². The summed E-state index contributed by atoms with van der Waals surface area (Å²) in [4.78, 5) is 0. The van der Waals surface area contributed by atoms with Crippen LogP contribution in [-0.2, 0) is 4.74 Å². The van der Waals surface area contributed by atoms with Gasteiger partial charge in [0.1, 0.15) is 0 Å². The van der Waals surface area contributed by atoms with Crippen LogP contribution in [0.1, 0.15) is 78.1 Å². The van der Waals surface area contributed by atoms with Crippen molar-refractivity contribution in [1.82, 2.24) is 5.32 Å². The van der Waals surface area contributed by atoms with Crippen molar-refractivity contribution < 1.29 is 4.74 Å². The lowest BCUT2D eigenvalue weighted by Gasteiger charge is -2.49. The second-order valence-corrected chi connectivity index (χ2v) is 7.97. The van der Waals surface area contributed by atoms with Crippen LogP contribution < -0.4 is 5.32 Å². The Morgan fingerprint density at radius 2 is 2.00 bits per heavy atom. The third kappa shape index (κ3) is 3.47. The molecule has 0 radical (unpaired) electrons. The Morgan fingerprint density at radius 1 is 1.14 bits per heavy atom. The summed E-state index contributed by atoms with van der Waals surface area (Å²) in [5, 5.41) is 3.96. The van der Waals surface area contributed by atoms with Gasteiger partial charge < -0.3 is 10.1 Å². The van der Waals surface area contributed by atoms with Crippen molar-refractivity contribution in [3.63, 3.8) is 0 Å². The van der Waals surface area contributed by atoms with Gasteiger partial charge in [0.15, 0.2) is 0 Å². The maximum atomic E-state index is 6.16. The van der Waals surface area contributed by atoms with Gasteiger partial charge in [0.25, 0.3) is 0 Å². The lowest BCUT2D eigenvalue weighted by atomic mass is 9.68. The number of rotatable bonds is 6. The zero-order valence-electron chi connectivity index (χ0n) is 14.2. The minimum Gasteiger partial charge on any atom is -0.375 e. The van der Waals surface area contributed by atoms with Gasteiger partial charge in [-0.15, -0.1) is 0 Å². The van der Waals surface area contributed by atoms with E-state index in [0.717, 1.165) is 30.4 Å². The average Bonchev–Trinajstić information content (AvgIpc) is 2.95. The lowest BCUT2D eigenvalue weighted by molar-refractivity contribution is -0.149. The summed E-state index contributed by atoms with van der Waals surface area (Å²) in [6, 6.07) is 0.767. The van der Waals surface area contributed by atoms with Crippen molar-refractivity contribution in [2.75, 3.05) is 13.2 Å². The molecule has 21 heavy (non-hydrogen) atoms. The Bertz CT molecular complexity index is 326. The molecule has 1 heterocycles. The van der Waals surface area contributed by atoms with E-state index in [4.69, 9.17) is 4.74 Å². The monoisotopic (exact) mass is 293 g/mol. The fraction of sp³-hybridized carbons (Fsp3) is 1.00. The van der Waals surface area contributed by atoms with E-state index in [1.54, 1.807) is 0 Å². The zero-order chi connectivity index (χ0) is 14.7. The summed E-state index contributed by atoms with van der Waals surface area (Å²) in [7, 11) is 0.